The maximum atomic E-state index is 2.67. The Morgan fingerprint density at radius 3 is 1.44 bits per heavy atom. The molecule has 306 valence electrons. The Labute approximate surface area is 378 Å². The van der Waals surface area contributed by atoms with Crippen LogP contribution in [0.1, 0.15) is 73.9 Å². The first kappa shape index (κ1) is 37.7. The van der Waals surface area contributed by atoms with E-state index in [1.807, 2.05) is 0 Å². The number of hydrogen-bond acceptors (Lipinski definition) is 0. The number of allylic oxidation sites excluding steroid dienone is 4. The Kier molecular flexibility index (Phi) is 8.02. The molecule has 0 spiro atoms. The second-order valence-corrected chi connectivity index (χ2v) is 22.6. The topological polar surface area (TPSA) is 0 Å². The summed E-state index contributed by atoms with van der Waals surface area (Å²) < 4.78 is 0. The molecule has 0 aromatic heterocycles. The lowest BCUT2D eigenvalue weighted by molar-refractivity contribution is 0.660. The third-order valence-electron chi connectivity index (χ3n) is 15.9. The molecule has 0 fully saturated rings. The maximum absolute atomic E-state index is 2.67. The highest BCUT2D eigenvalue weighted by atomic mass is 28.3. The largest absolute Gasteiger partial charge is 0.101 e. The van der Waals surface area contributed by atoms with Crippen LogP contribution in [0, 0.1) is 0 Å². The fourth-order valence-corrected chi connectivity index (χ4v) is 15.3. The van der Waals surface area contributed by atoms with Crippen molar-refractivity contribution in [3.05, 3.63) is 221 Å². The molecule has 0 saturated heterocycles. The molecular formula is C63H50Si. The van der Waals surface area contributed by atoms with E-state index in [9.17, 15) is 0 Å². The molecule has 1 unspecified atom stereocenters. The van der Waals surface area contributed by atoms with Gasteiger partial charge < -0.3 is 0 Å². The lowest BCUT2D eigenvalue weighted by atomic mass is 9.79. The summed E-state index contributed by atoms with van der Waals surface area (Å²) in [6, 6.07) is 67.4. The highest BCUT2D eigenvalue weighted by Crippen LogP contribution is 2.54. The van der Waals surface area contributed by atoms with Gasteiger partial charge in [-0.25, -0.2) is 0 Å². The van der Waals surface area contributed by atoms with Crippen molar-refractivity contribution in [1.29, 1.82) is 0 Å². The number of fused-ring (bicyclic) bond motifs is 10. The normalized spacial score (nSPS) is 17.1. The first-order valence-corrected chi connectivity index (χ1v) is 25.6. The van der Waals surface area contributed by atoms with Crippen LogP contribution in [0.25, 0.3) is 88.3 Å². The Morgan fingerprint density at radius 1 is 0.375 bits per heavy atom. The van der Waals surface area contributed by atoms with Gasteiger partial charge in [0.15, 0.2) is 0 Å². The molecule has 4 aliphatic rings. The van der Waals surface area contributed by atoms with Crippen molar-refractivity contribution in [2.45, 2.75) is 57.9 Å². The SMILES string of the molecule is C[SiH]1C2=C(CCC(c3ccc(-c4ccccc4)cc3)=C2)c2cc3c(-c4ccc5c(c4)C(C)(C)c4ccccc4-5)c4ccccc4c(-c4ccc5c(c4)C(C)(C)c4ccccc4-5)c3cc21. The lowest BCUT2D eigenvalue weighted by Gasteiger charge is -2.24. The molecule has 13 rings (SSSR count). The first-order chi connectivity index (χ1) is 31.2. The minimum Gasteiger partial charge on any atom is -0.0641 e. The molecule has 1 atom stereocenters. The number of benzene rings is 9. The average molecular weight is 835 g/mol. The van der Waals surface area contributed by atoms with Crippen LogP contribution in [0.2, 0.25) is 6.55 Å². The van der Waals surface area contributed by atoms with Crippen molar-refractivity contribution in [3.63, 3.8) is 0 Å². The Balaban J connectivity index is 1.03. The van der Waals surface area contributed by atoms with Gasteiger partial charge in [0.25, 0.3) is 0 Å². The van der Waals surface area contributed by atoms with E-state index >= 15 is 0 Å². The third-order valence-corrected chi connectivity index (χ3v) is 18.7. The summed E-state index contributed by atoms with van der Waals surface area (Å²) in [5.41, 5.74) is 24.8. The summed E-state index contributed by atoms with van der Waals surface area (Å²) in [7, 11) is -1.52. The van der Waals surface area contributed by atoms with Gasteiger partial charge in [-0.15, -0.1) is 0 Å². The van der Waals surface area contributed by atoms with Crippen molar-refractivity contribution >= 4 is 46.7 Å². The van der Waals surface area contributed by atoms with E-state index in [0.717, 1.165) is 12.8 Å². The smallest absolute Gasteiger partial charge is 0.0641 e. The molecule has 0 nitrogen and oxygen atoms in total. The van der Waals surface area contributed by atoms with Crippen LogP contribution in [0.5, 0.6) is 0 Å². The van der Waals surface area contributed by atoms with E-state index in [0.29, 0.717) is 0 Å². The van der Waals surface area contributed by atoms with Crippen LogP contribution < -0.4 is 5.19 Å². The van der Waals surface area contributed by atoms with E-state index in [2.05, 4.69) is 216 Å². The Morgan fingerprint density at radius 2 is 0.844 bits per heavy atom. The molecular weight excluding hydrogens is 785 g/mol. The van der Waals surface area contributed by atoms with Gasteiger partial charge in [-0.3, -0.25) is 0 Å². The zero-order chi connectivity index (χ0) is 43.1. The van der Waals surface area contributed by atoms with Crippen molar-refractivity contribution in [1.82, 2.24) is 0 Å². The quantitative estimate of drug-likeness (QED) is 0.122. The van der Waals surface area contributed by atoms with Gasteiger partial charge in [0, 0.05) is 10.8 Å². The maximum Gasteiger partial charge on any atom is 0.101 e. The van der Waals surface area contributed by atoms with E-state index in [1.54, 1.807) is 16.0 Å². The molecule has 1 heteroatoms. The molecule has 64 heavy (non-hydrogen) atoms. The highest BCUT2D eigenvalue weighted by Gasteiger charge is 2.38. The fourth-order valence-electron chi connectivity index (χ4n) is 12.5. The minimum absolute atomic E-state index is 0.0835. The molecule has 0 radical (unpaired) electrons. The van der Waals surface area contributed by atoms with Gasteiger partial charge in [-0.05, 0) is 153 Å². The summed E-state index contributed by atoms with van der Waals surface area (Å²) >= 11 is 0. The van der Waals surface area contributed by atoms with Gasteiger partial charge in [-0.1, -0.05) is 208 Å². The minimum atomic E-state index is -1.52. The number of hydrogen-bond donors (Lipinski definition) is 0. The molecule has 0 saturated carbocycles. The molecule has 0 amide bonds. The van der Waals surface area contributed by atoms with Gasteiger partial charge in [0.2, 0.25) is 0 Å². The van der Waals surface area contributed by atoms with Crippen molar-refractivity contribution in [2.24, 2.45) is 0 Å². The summed E-state index contributed by atoms with van der Waals surface area (Å²) in [5, 5.41) is 8.61. The molecule has 9 aromatic carbocycles. The van der Waals surface area contributed by atoms with Crippen LogP contribution in [0.3, 0.4) is 0 Å². The zero-order valence-corrected chi connectivity index (χ0v) is 38.5. The predicted molar refractivity (Wildman–Crippen MR) is 276 cm³/mol. The molecule has 9 aromatic rings. The third kappa shape index (κ3) is 5.28. The average Bonchev–Trinajstić information content (AvgIpc) is 3.84. The van der Waals surface area contributed by atoms with Crippen molar-refractivity contribution in [3.8, 4) is 55.6 Å². The van der Waals surface area contributed by atoms with Crippen LogP contribution in [0.4, 0.5) is 0 Å². The van der Waals surface area contributed by atoms with Gasteiger partial charge in [-0.2, -0.15) is 0 Å². The van der Waals surface area contributed by atoms with E-state index in [4.69, 9.17) is 0 Å². The summed E-state index contributed by atoms with van der Waals surface area (Å²) in [6.45, 7) is 12.2. The van der Waals surface area contributed by atoms with Gasteiger partial charge in [0.1, 0.15) is 8.80 Å². The lowest BCUT2D eigenvalue weighted by Crippen LogP contribution is -2.26. The van der Waals surface area contributed by atoms with Crippen molar-refractivity contribution in [2.75, 3.05) is 0 Å². The standard InChI is InChI=1S/C63H50Si/c1-62(2)54-21-13-11-17-44(54)46-30-28-42(33-56(46)62)60-49-19-9-10-20-50(49)61(43-29-31-47-45-18-12-14-22-55(45)63(3,4)57(47)34-43)53-37-59-51(36-52(53)60)48-32-27-41(35-58(48)64(59)5)40-25-23-39(24-26-40)38-15-7-6-8-16-38/h6-26,28-31,33-37,64H,27,32H2,1-5H3. The van der Waals surface area contributed by atoms with Crippen LogP contribution in [0.15, 0.2) is 187 Å². The fraction of sp³-hybridized carbons (Fsp3) is 0.143. The van der Waals surface area contributed by atoms with Gasteiger partial charge >= 0.3 is 0 Å². The van der Waals surface area contributed by atoms with Crippen molar-refractivity contribution < 1.29 is 0 Å². The highest BCUT2D eigenvalue weighted by molar-refractivity contribution is 6.83. The second-order valence-electron chi connectivity index (χ2n) is 19.9. The second kappa shape index (κ2) is 13.6. The molecule has 0 N–H and O–H groups in total. The summed E-state index contributed by atoms with van der Waals surface area (Å²) in [5.74, 6) is 0. The van der Waals surface area contributed by atoms with E-state index < -0.39 is 8.80 Å². The zero-order valence-electron chi connectivity index (χ0n) is 37.3. The van der Waals surface area contributed by atoms with Gasteiger partial charge in [0.05, 0.1) is 0 Å². The molecule has 1 aliphatic heterocycles. The summed E-state index contributed by atoms with van der Waals surface area (Å²) in [4.78, 5) is 0. The first-order valence-electron chi connectivity index (χ1n) is 23.3. The summed E-state index contributed by atoms with van der Waals surface area (Å²) in [6.07, 6.45) is 4.75. The Bertz CT molecular complexity index is 3540. The molecule has 3 aliphatic carbocycles. The number of rotatable bonds is 4. The Hall–Kier alpha value is -6.80. The molecule has 1 heterocycles. The van der Waals surface area contributed by atoms with E-state index in [1.165, 1.54) is 116 Å². The van der Waals surface area contributed by atoms with E-state index in [-0.39, 0.29) is 10.8 Å². The monoisotopic (exact) mass is 834 g/mol. The predicted octanol–water partition coefficient (Wildman–Crippen LogP) is 15.9. The van der Waals surface area contributed by atoms with Crippen LogP contribution in [-0.4, -0.2) is 8.80 Å². The van der Waals surface area contributed by atoms with Crippen LogP contribution in [-0.2, 0) is 10.8 Å². The molecule has 0 bridgehead atoms. The van der Waals surface area contributed by atoms with Crippen LogP contribution >= 0.6 is 0 Å².